The van der Waals surface area contributed by atoms with Crippen molar-refractivity contribution in [2.75, 3.05) is 0 Å². The lowest BCUT2D eigenvalue weighted by Gasteiger charge is -2.17. The number of benzene rings is 2. The molecule has 0 fully saturated rings. The highest BCUT2D eigenvalue weighted by atomic mass is 14.3. The second-order valence-corrected chi connectivity index (χ2v) is 7.91. The minimum Gasteiger partial charge on any atom is -0.0654 e. The molecule has 1 unspecified atom stereocenters. The van der Waals surface area contributed by atoms with Crippen LogP contribution in [0.25, 0.3) is 11.6 Å². The largest absolute Gasteiger partial charge is 0.0654 e. The predicted molar refractivity (Wildman–Crippen MR) is 115 cm³/mol. The molecule has 26 heavy (non-hydrogen) atoms. The number of fused-ring (bicyclic) bond motifs is 1. The molecule has 0 bridgehead atoms. The van der Waals surface area contributed by atoms with E-state index in [1.165, 1.54) is 85.6 Å². The van der Waals surface area contributed by atoms with E-state index in [1.807, 2.05) is 0 Å². The maximum atomic E-state index is 2.43. The zero-order valence-electron chi connectivity index (χ0n) is 16.6. The molecule has 3 rings (SSSR count). The molecule has 0 nitrogen and oxygen atoms in total. The maximum absolute atomic E-state index is 2.43. The van der Waals surface area contributed by atoms with Crippen molar-refractivity contribution in [2.24, 2.45) is 0 Å². The highest BCUT2D eigenvalue weighted by Crippen LogP contribution is 2.44. The van der Waals surface area contributed by atoms with Gasteiger partial charge in [-0.2, -0.15) is 0 Å². The standard InChI is InChI=1S/C26H34/c1-3-4-5-6-7-8-9-10-15-25-24-14-12-11-13-23(24)20-26(25)22-18-16-21(2)17-19-22/h11-14,16-20,25H,3-10,15H2,1-2H3. The van der Waals surface area contributed by atoms with Crippen molar-refractivity contribution in [2.45, 2.75) is 77.6 Å². The smallest absolute Gasteiger partial charge is 0.0101 e. The molecule has 1 atom stereocenters. The molecule has 0 N–H and O–H groups in total. The van der Waals surface area contributed by atoms with Crippen LogP contribution >= 0.6 is 0 Å². The summed E-state index contributed by atoms with van der Waals surface area (Å²) < 4.78 is 0. The Kier molecular flexibility index (Phi) is 7.12. The average molecular weight is 347 g/mol. The SMILES string of the molecule is CCCCCCCCCCC1C(c2ccc(C)cc2)=Cc2ccccc21. The van der Waals surface area contributed by atoms with Gasteiger partial charge in [0.05, 0.1) is 0 Å². The van der Waals surface area contributed by atoms with E-state index < -0.39 is 0 Å². The molecule has 0 saturated heterocycles. The number of rotatable bonds is 10. The lowest BCUT2D eigenvalue weighted by Crippen LogP contribution is -1.99. The summed E-state index contributed by atoms with van der Waals surface area (Å²) >= 11 is 0. The summed E-state index contributed by atoms with van der Waals surface area (Å²) in [6.07, 6.45) is 14.9. The summed E-state index contributed by atoms with van der Waals surface area (Å²) in [4.78, 5) is 0. The predicted octanol–water partition coefficient (Wildman–Crippen LogP) is 8.16. The Balaban J connectivity index is 1.58. The van der Waals surface area contributed by atoms with Crippen molar-refractivity contribution >= 4 is 11.6 Å². The lowest BCUT2D eigenvalue weighted by molar-refractivity contribution is 0.557. The molecule has 0 heteroatoms. The van der Waals surface area contributed by atoms with Crippen LogP contribution in [0, 0.1) is 6.92 Å². The minimum absolute atomic E-state index is 0.578. The van der Waals surface area contributed by atoms with Crippen LogP contribution in [0.15, 0.2) is 48.5 Å². The third-order valence-electron chi connectivity index (χ3n) is 5.79. The van der Waals surface area contributed by atoms with Crippen molar-refractivity contribution in [1.29, 1.82) is 0 Å². The van der Waals surface area contributed by atoms with Gasteiger partial charge in [-0.3, -0.25) is 0 Å². The van der Waals surface area contributed by atoms with E-state index in [-0.39, 0.29) is 0 Å². The molecule has 0 aromatic heterocycles. The van der Waals surface area contributed by atoms with E-state index in [0.717, 1.165) is 0 Å². The van der Waals surface area contributed by atoms with Gasteiger partial charge in [-0.05, 0) is 35.6 Å². The van der Waals surface area contributed by atoms with Gasteiger partial charge < -0.3 is 0 Å². The molecule has 0 heterocycles. The van der Waals surface area contributed by atoms with E-state index >= 15 is 0 Å². The molecule has 1 aliphatic carbocycles. The first-order valence-corrected chi connectivity index (χ1v) is 10.7. The van der Waals surface area contributed by atoms with E-state index in [2.05, 4.69) is 68.5 Å². The second-order valence-electron chi connectivity index (χ2n) is 7.91. The van der Waals surface area contributed by atoms with Gasteiger partial charge in [-0.15, -0.1) is 0 Å². The van der Waals surface area contributed by atoms with E-state index in [1.54, 1.807) is 0 Å². The molecule has 1 aliphatic rings. The quantitative estimate of drug-likeness (QED) is 0.381. The van der Waals surface area contributed by atoms with Crippen LogP contribution < -0.4 is 0 Å². The fraction of sp³-hybridized carbons (Fsp3) is 0.462. The zero-order chi connectivity index (χ0) is 18.2. The van der Waals surface area contributed by atoms with Crippen LogP contribution in [-0.4, -0.2) is 0 Å². The molecule has 0 aliphatic heterocycles. The highest BCUT2D eigenvalue weighted by molar-refractivity contribution is 5.91. The normalized spacial score (nSPS) is 15.8. The Hall–Kier alpha value is -1.82. The molecule has 2 aromatic rings. The molecule has 2 aromatic carbocycles. The van der Waals surface area contributed by atoms with Gasteiger partial charge in [0.2, 0.25) is 0 Å². The average Bonchev–Trinajstić information content (AvgIpc) is 3.03. The van der Waals surface area contributed by atoms with Gasteiger partial charge in [0.1, 0.15) is 0 Å². The van der Waals surface area contributed by atoms with Gasteiger partial charge in [0, 0.05) is 5.92 Å². The third-order valence-corrected chi connectivity index (χ3v) is 5.79. The van der Waals surface area contributed by atoms with E-state index in [4.69, 9.17) is 0 Å². The summed E-state index contributed by atoms with van der Waals surface area (Å²) in [5, 5.41) is 0. The van der Waals surface area contributed by atoms with Crippen LogP contribution in [0.2, 0.25) is 0 Å². The van der Waals surface area contributed by atoms with Crippen molar-refractivity contribution in [3.05, 3.63) is 70.8 Å². The fourth-order valence-electron chi connectivity index (χ4n) is 4.22. The van der Waals surface area contributed by atoms with Gasteiger partial charge in [0.25, 0.3) is 0 Å². The van der Waals surface area contributed by atoms with Crippen molar-refractivity contribution in [3.8, 4) is 0 Å². The van der Waals surface area contributed by atoms with Gasteiger partial charge in [0.15, 0.2) is 0 Å². The van der Waals surface area contributed by atoms with Crippen molar-refractivity contribution in [3.63, 3.8) is 0 Å². The fourth-order valence-corrected chi connectivity index (χ4v) is 4.22. The number of unbranched alkanes of at least 4 members (excludes halogenated alkanes) is 7. The highest BCUT2D eigenvalue weighted by Gasteiger charge is 2.25. The third kappa shape index (κ3) is 4.87. The molecule has 0 radical (unpaired) electrons. The van der Waals surface area contributed by atoms with Crippen molar-refractivity contribution < 1.29 is 0 Å². The van der Waals surface area contributed by atoms with E-state index in [9.17, 15) is 0 Å². The molecular formula is C26H34. The monoisotopic (exact) mass is 346 g/mol. The van der Waals surface area contributed by atoms with Crippen LogP contribution in [0.3, 0.4) is 0 Å². The van der Waals surface area contributed by atoms with Crippen LogP contribution in [0.4, 0.5) is 0 Å². The minimum atomic E-state index is 0.578. The first kappa shape index (κ1) is 19.0. The molecule has 0 spiro atoms. The first-order valence-electron chi connectivity index (χ1n) is 10.7. The first-order chi connectivity index (χ1) is 12.8. The van der Waals surface area contributed by atoms with Gasteiger partial charge in [-0.25, -0.2) is 0 Å². The number of hydrogen-bond donors (Lipinski definition) is 0. The molecular weight excluding hydrogens is 312 g/mol. The number of aryl methyl sites for hydroxylation is 1. The zero-order valence-corrected chi connectivity index (χ0v) is 16.6. The van der Waals surface area contributed by atoms with Gasteiger partial charge in [-0.1, -0.05) is 118 Å². The van der Waals surface area contributed by atoms with Gasteiger partial charge >= 0.3 is 0 Å². The second kappa shape index (κ2) is 9.76. The Bertz CT molecular complexity index is 705. The topological polar surface area (TPSA) is 0 Å². The van der Waals surface area contributed by atoms with Crippen molar-refractivity contribution in [1.82, 2.24) is 0 Å². The molecule has 138 valence electrons. The van der Waals surface area contributed by atoms with Crippen LogP contribution in [0.1, 0.15) is 92.9 Å². The summed E-state index contributed by atoms with van der Waals surface area (Å²) in [5.74, 6) is 0.578. The lowest BCUT2D eigenvalue weighted by atomic mass is 9.86. The Morgan fingerprint density at radius 2 is 1.38 bits per heavy atom. The Morgan fingerprint density at radius 1 is 0.731 bits per heavy atom. The van der Waals surface area contributed by atoms with E-state index in [0.29, 0.717) is 5.92 Å². The van der Waals surface area contributed by atoms with Crippen LogP contribution in [0.5, 0.6) is 0 Å². The number of hydrogen-bond acceptors (Lipinski definition) is 0. The summed E-state index contributed by atoms with van der Waals surface area (Å²) in [6.45, 7) is 4.46. The maximum Gasteiger partial charge on any atom is 0.0101 e. The number of allylic oxidation sites excluding steroid dienone is 1. The molecule has 0 amide bonds. The Morgan fingerprint density at radius 3 is 2.12 bits per heavy atom. The summed E-state index contributed by atoms with van der Waals surface area (Å²) in [5.41, 5.74) is 7.22. The molecule has 0 saturated carbocycles. The van der Waals surface area contributed by atoms with Crippen LogP contribution in [-0.2, 0) is 0 Å². The summed E-state index contributed by atoms with van der Waals surface area (Å²) in [7, 11) is 0. The summed E-state index contributed by atoms with van der Waals surface area (Å²) in [6, 6.07) is 18.1. The Labute approximate surface area is 160 Å².